The maximum Gasteiger partial charge on any atom is 0.410 e. The normalized spacial score (nSPS) is 22.2. The molecule has 1 aromatic rings. The summed E-state index contributed by atoms with van der Waals surface area (Å²) in [5.74, 6) is 0.310. The fourth-order valence-corrected chi connectivity index (χ4v) is 3.86. The summed E-state index contributed by atoms with van der Waals surface area (Å²) in [6.45, 7) is 6.17. The van der Waals surface area contributed by atoms with E-state index in [2.05, 4.69) is 6.07 Å². The topological polar surface area (TPSA) is 70.4 Å². The van der Waals surface area contributed by atoms with Crippen LogP contribution >= 0.6 is 0 Å². The molecule has 0 bridgehead atoms. The third-order valence-electron chi connectivity index (χ3n) is 5.08. The minimum absolute atomic E-state index is 0.0220. The van der Waals surface area contributed by atoms with Crippen LogP contribution in [0.5, 0.6) is 0 Å². The number of benzene rings is 1. The third-order valence-corrected chi connectivity index (χ3v) is 5.08. The quantitative estimate of drug-likeness (QED) is 0.775. The Labute approximate surface area is 148 Å². The fraction of sp³-hybridized carbons (Fsp3) is 0.550. The van der Waals surface area contributed by atoms with Crippen molar-refractivity contribution in [3.63, 3.8) is 0 Å². The van der Waals surface area contributed by atoms with Gasteiger partial charge in [-0.05, 0) is 56.7 Å². The molecule has 1 aliphatic heterocycles. The molecule has 5 heteroatoms. The van der Waals surface area contributed by atoms with Crippen LogP contribution in [0.2, 0.25) is 0 Å². The fourth-order valence-electron chi connectivity index (χ4n) is 3.86. The Morgan fingerprint density at radius 1 is 1.28 bits per heavy atom. The summed E-state index contributed by atoms with van der Waals surface area (Å²) >= 11 is 0. The van der Waals surface area contributed by atoms with E-state index in [0.717, 1.165) is 18.4 Å². The molecule has 5 nitrogen and oxygen atoms in total. The van der Waals surface area contributed by atoms with Gasteiger partial charge < -0.3 is 9.64 Å². The first-order valence-corrected chi connectivity index (χ1v) is 8.73. The highest BCUT2D eigenvalue weighted by atomic mass is 16.6. The summed E-state index contributed by atoms with van der Waals surface area (Å²) in [7, 11) is 0. The Hall–Kier alpha value is -2.35. The molecule has 1 spiro atoms. The highest BCUT2D eigenvalue weighted by Crippen LogP contribution is 2.52. The van der Waals surface area contributed by atoms with Gasteiger partial charge in [-0.1, -0.05) is 12.1 Å². The van der Waals surface area contributed by atoms with Crippen molar-refractivity contribution >= 4 is 11.9 Å². The molecule has 1 atom stereocenters. The SMILES string of the molecule is CC(C)(C)OC(=O)N1CCC2(CC(=O)C2)C[C@H]1c1ccc(C#N)cc1. The molecule has 2 fully saturated rings. The molecule has 0 radical (unpaired) electrons. The molecule has 132 valence electrons. The molecule has 1 aliphatic carbocycles. The van der Waals surface area contributed by atoms with Crippen LogP contribution in [-0.2, 0) is 9.53 Å². The van der Waals surface area contributed by atoms with E-state index in [1.807, 2.05) is 32.9 Å². The van der Waals surface area contributed by atoms with Crippen LogP contribution in [0.3, 0.4) is 0 Å². The van der Waals surface area contributed by atoms with E-state index in [-0.39, 0.29) is 17.6 Å². The molecule has 25 heavy (non-hydrogen) atoms. The second-order valence-corrected chi connectivity index (χ2v) is 8.27. The smallest absolute Gasteiger partial charge is 0.410 e. The van der Waals surface area contributed by atoms with Crippen molar-refractivity contribution in [1.29, 1.82) is 5.26 Å². The number of Topliss-reactive ketones (excluding diaryl/α,β-unsaturated/α-hetero) is 1. The lowest BCUT2D eigenvalue weighted by Crippen LogP contribution is -2.51. The van der Waals surface area contributed by atoms with Crippen LogP contribution in [0.4, 0.5) is 4.79 Å². The van der Waals surface area contributed by atoms with E-state index >= 15 is 0 Å². The lowest BCUT2D eigenvalue weighted by Gasteiger charge is -2.50. The molecule has 0 aromatic heterocycles. The van der Waals surface area contributed by atoms with Crippen molar-refractivity contribution in [3.05, 3.63) is 35.4 Å². The Kier molecular flexibility index (Phi) is 4.32. The molecule has 0 unspecified atom stereocenters. The summed E-state index contributed by atoms with van der Waals surface area (Å²) in [5.41, 5.74) is 1.06. The van der Waals surface area contributed by atoms with E-state index < -0.39 is 5.60 Å². The van der Waals surface area contributed by atoms with Crippen molar-refractivity contribution in [2.24, 2.45) is 5.41 Å². The molecular formula is C20H24N2O3. The summed E-state index contributed by atoms with van der Waals surface area (Å²) in [6.07, 6.45) is 2.51. The maximum absolute atomic E-state index is 12.7. The molecule has 1 amide bonds. The lowest BCUT2D eigenvalue weighted by atomic mass is 9.60. The molecule has 1 saturated heterocycles. The molecule has 1 saturated carbocycles. The van der Waals surface area contributed by atoms with E-state index in [1.54, 1.807) is 17.0 Å². The number of nitrogens with zero attached hydrogens (tertiary/aromatic N) is 2. The summed E-state index contributed by atoms with van der Waals surface area (Å²) in [4.78, 5) is 26.0. The predicted octanol–water partition coefficient (Wildman–Crippen LogP) is 3.98. The van der Waals surface area contributed by atoms with Crippen molar-refractivity contribution in [1.82, 2.24) is 4.90 Å². The van der Waals surface area contributed by atoms with Gasteiger partial charge in [0.2, 0.25) is 0 Å². The van der Waals surface area contributed by atoms with Crippen molar-refractivity contribution in [2.45, 2.75) is 58.1 Å². The lowest BCUT2D eigenvalue weighted by molar-refractivity contribution is -0.137. The highest BCUT2D eigenvalue weighted by Gasteiger charge is 2.50. The van der Waals surface area contributed by atoms with Gasteiger partial charge in [-0.15, -0.1) is 0 Å². The largest absolute Gasteiger partial charge is 0.444 e. The number of ether oxygens (including phenoxy) is 1. The second kappa shape index (κ2) is 6.18. The Morgan fingerprint density at radius 2 is 1.92 bits per heavy atom. The van der Waals surface area contributed by atoms with Gasteiger partial charge in [-0.25, -0.2) is 4.79 Å². The number of rotatable bonds is 1. The summed E-state index contributed by atoms with van der Waals surface area (Å²) in [6, 6.07) is 9.35. The van der Waals surface area contributed by atoms with Crippen LogP contribution in [0, 0.1) is 16.7 Å². The predicted molar refractivity (Wildman–Crippen MR) is 92.7 cm³/mol. The van der Waals surface area contributed by atoms with Gasteiger partial charge in [0, 0.05) is 19.4 Å². The van der Waals surface area contributed by atoms with Crippen molar-refractivity contribution in [2.75, 3.05) is 6.54 Å². The Morgan fingerprint density at radius 3 is 2.44 bits per heavy atom. The van der Waals surface area contributed by atoms with Gasteiger partial charge in [0.05, 0.1) is 17.7 Å². The van der Waals surface area contributed by atoms with Gasteiger partial charge in [0.15, 0.2) is 0 Å². The first-order valence-electron chi connectivity index (χ1n) is 8.73. The molecule has 1 aromatic carbocycles. The van der Waals surface area contributed by atoms with E-state index in [1.165, 1.54) is 0 Å². The van der Waals surface area contributed by atoms with Crippen LogP contribution in [-0.4, -0.2) is 28.9 Å². The molecule has 0 N–H and O–H groups in total. The molecule has 2 aliphatic rings. The van der Waals surface area contributed by atoms with E-state index in [9.17, 15) is 9.59 Å². The number of amides is 1. The van der Waals surface area contributed by atoms with Gasteiger partial charge in [-0.3, -0.25) is 4.79 Å². The minimum Gasteiger partial charge on any atom is -0.444 e. The third kappa shape index (κ3) is 3.68. The average molecular weight is 340 g/mol. The van der Waals surface area contributed by atoms with E-state index in [4.69, 9.17) is 10.00 Å². The molecule has 3 rings (SSSR count). The first-order chi connectivity index (χ1) is 11.7. The second-order valence-electron chi connectivity index (χ2n) is 8.27. The van der Waals surface area contributed by atoms with Gasteiger partial charge in [0.1, 0.15) is 11.4 Å². The van der Waals surface area contributed by atoms with Crippen LogP contribution in [0.25, 0.3) is 0 Å². The number of carbonyl (C=O) groups is 2. The van der Waals surface area contributed by atoms with Crippen LogP contribution in [0.1, 0.15) is 63.6 Å². The number of piperidine rings is 1. The number of likely N-dealkylation sites (tertiary alicyclic amines) is 1. The van der Waals surface area contributed by atoms with Gasteiger partial charge >= 0.3 is 6.09 Å². The Bertz CT molecular complexity index is 717. The van der Waals surface area contributed by atoms with Gasteiger partial charge in [-0.2, -0.15) is 5.26 Å². The van der Waals surface area contributed by atoms with Crippen molar-refractivity contribution in [3.8, 4) is 6.07 Å². The maximum atomic E-state index is 12.7. The van der Waals surface area contributed by atoms with Crippen molar-refractivity contribution < 1.29 is 14.3 Å². The first kappa shape index (κ1) is 17.5. The summed E-state index contributed by atoms with van der Waals surface area (Å²) < 4.78 is 5.58. The highest BCUT2D eigenvalue weighted by molar-refractivity contribution is 5.86. The average Bonchev–Trinajstić information content (AvgIpc) is 2.52. The Balaban J connectivity index is 1.86. The van der Waals surface area contributed by atoms with Crippen LogP contribution < -0.4 is 0 Å². The zero-order valence-electron chi connectivity index (χ0n) is 15.0. The van der Waals surface area contributed by atoms with Crippen LogP contribution in [0.15, 0.2) is 24.3 Å². The number of hydrogen-bond acceptors (Lipinski definition) is 4. The number of ketones is 1. The number of carbonyl (C=O) groups excluding carboxylic acids is 2. The zero-order valence-corrected chi connectivity index (χ0v) is 15.0. The standard InChI is InChI=1S/C20H24N2O3/c1-19(2,3)25-18(24)22-9-8-20(10-16(23)11-20)12-17(22)15-6-4-14(13-21)5-7-15/h4-7,17H,8-12H2,1-3H3/t17-/m0/s1. The number of hydrogen-bond donors (Lipinski definition) is 0. The molecule has 1 heterocycles. The minimum atomic E-state index is -0.548. The zero-order chi connectivity index (χ0) is 18.2. The monoisotopic (exact) mass is 340 g/mol. The summed E-state index contributed by atoms with van der Waals surface area (Å²) in [5, 5.41) is 8.99. The number of nitriles is 1. The molecular weight excluding hydrogens is 316 g/mol. The van der Waals surface area contributed by atoms with E-state index in [0.29, 0.717) is 30.7 Å². The van der Waals surface area contributed by atoms with Gasteiger partial charge in [0.25, 0.3) is 0 Å².